The molecule has 7 heteroatoms. The van der Waals surface area contributed by atoms with Crippen LogP contribution in [0, 0.1) is 11.3 Å². The van der Waals surface area contributed by atoms with E-state index in [1.54, 1.807) is 17.5 Å². The number of nitrogens with one attached hydrogen (secondary N) is 1. The standard InChI is InChI=1S/C17H14N4OS2/c18-8-13-12-5-3-6-14(12)24-16(13)20-15(22)10-23-17-19-9-11-4-1-2-7-21(11)17/h1-2,4,7,9H,3,5-6,10H2,(H,20,22). The van der Waals surface area contributed by atoms with Crippen molar-refractivity contribution in [2.45, 2.75) is 24.4 Å². The Hall–Kier alpha value is -2.30. The Kier molecular flexibility index (Phi) is 4.00. The van der Waals surface area contributed by atoms with E-state index < -0.39 is 0 Å². The summed E-state index contributed by atoms with van der Waals surface area (Å²) in [5.41, 5.74) is 2.78. The third-order valence-electron chi connectivity index (χ3n) is 4.02. The van der Waals surface area contributed by atoms with Gasteiger partial charge in [0.05, 0.1) is 23.0 Å². The number of aryl methyl sites for hydroxylation is 1. The van der Waals surface area contributed by atoms with Gasteiger partial charge in [-0.15, -0.1) is 11.3 Å². The number of nitrogens with zero attached hydrogens (tertiary/aromatic N) is 3. The van der Waals surface area contributed by atoms with Crippen LogP contribution >= 0.6 is 23.1 Å². The number of amides is 1. The van der Waals surface area contributed by atoms with Crippen molar-refractivity contribution in [2.24, 2.45) is 0 Å². The molecule has 0 aliphatic heterocycles. The summed E-state index contributed by atoms with van der Waals surface area (Å²) in [5, 5.41) is 13.8. The second-order valence-electron chi connectivity index (χ2n) is 5.55. The van der Waals surface area contributed by atoms with E-state index in [-0.39, 0.29) is 11.7 Å². The molecule has 0 radical (unpaired) electrons. The van der Waals surface area contributed by atoms with E-state index in [9.17, 15) is 10.1 Å². The third kappa shape index (κ3) is 2.68. The second kappa shape index (κ2) is 6.30. The quantitative estimate of drug-likeness (QED) is 0.728. The van der Waals surface area contributed by atoms with Gasteiger partial charge in [0.2, 0.25) is 5.91 Å². The van der Waals surface area contributed by atoms with Gasteiger partial charge in [-0.05, 0) is 37.0 Å². The van der Waals surface area contributed by atoms with Gasteiger partial charge in [0, 0.05) is 11.1 Å². The number of anilines is 1. The first kappa shape index (κ1) is 15.2. The van der Waals surface area contributed by atoms with Crippen molar-refractivity contribution in [3.05, 3.63) is 46.6 Å². The van der Waals surface area contributed by atoms with E-state index in [0.29, 0.717) is 10.6 Å². The van der Waals surface area contributed by atoms with Crippen LogP contribution in [0.15, 0.2) is 35.7 Å². The van der Waals surface area contributed by atoms with Crippen molar-refractivity contribution < 1.29 is 4.79 Å². The molecular formula is C17H14N4OS2. The molecule has 3 heterocycles. The fraction of sp³-hybridized carbons (Fsp3) is 0.235. The van der Waals surface area contributed by atoms with Crippen LogP contribution in [-0.4, -0.2) is 21.0 Å². The molecule has 0 saturated heterocycles. The lowest BCUT2D eigenvalue weighted by atomic mass is 10.1. The first-order chi connectivity index (χ1) is 11.8. The Morgan fingerprint density at radius 1 is 1.46 bits per heavy atom. The normalized spacial score (nSPS) is 13.0. The topological polar surface area (TPSA) is 70.2 Å². The lowest BCUT2D eigenvalue weighted by molar-refractivity contribution is -0.113. The van der Waals surface area contributed by atoms with Crippen LogP contribution < -0.4 is 5.32 Å². The van der Waals surface area contributed by atoms with Crippen molar-refractivity contribution in [3.63, 3.8) is 0 Å². The van der Waals surface area contributed by atoms with Gasteiger partial charge < -0.3 is 5.32 Å². The molecule has 1 amide bonds. The number of carbonyl (C=O) groups is 1. The summed E-state index contributed by atoms with van der Waals surface area (Å²) < 4.78 is 1.96. The van der Waals surface area contributed by atoms with Gasteiger partial charge in [-0.1, -0.05) is 17.8 Å². The van der Waals surface area contributed by atoms with E-state index in [4.69, 9.17) is 0 Å². The number of aromatic nitrogens is 2. The molecule has 0 unspecified atom stereocenters. The molecule has 1 N–H and O–H groups in total. The van der Waals surface area contributed by atoms with Crippen molar-refractivity contribution in [2.75, 3.05) is 11.1 Å². The minimum absolute atomic E-state index is 0.107. The third-order valence-corrected chi connectivity index (χ3v) is 6.20. The highest BCUT2D eigenvalue weighted by Crippen LogP contribution is 2.38. The van der Waals surface area contributed by atoms with Crippen molar-refractivity contribution >= 4 is 39.5 Å². The van der Waals surface area contributed by atoms with E-state index in [2.05, 4.69) is 16.4 Å². The summed E-state index contributed by atoms with van der Waals surface area (Å²) in [6.45, 7) is 0. The molecule has 0 spiro atoms. The molecule has 1 aliphatic rings. The largest absolute Gasteiger partial charge is 0.316 e. The van der Waals surface area contributed by atoms with Crippen LogP contribution in [0.3, 0.4) is 0 Å². The zero-order valence-corrected chi connectivity index (χ0v) is 14.4. The van der Waals surface area contributed by atoms with Crippen LogP contribution in [0.4, 0.5) is 5.00 Å². The van der Waals surface area contributed by atoms with Crippen LogP contribution in [-0.2, 0) is 17.6 Å². The number of fused-ring (bicyclic) bond motifs is 2. The van der Waals surface area contributed by atoms with Gasteiger partial charge in [-0.2, -0.15) is 5.26 Å². The highest BCUT2D eigenvalue weighted by atomic mass is 32.2. The molecule has 0 bridgehead atoms. The summed E-state index contributed by atoms with van der Waals surface area (Å²) in [6, 6.07) is 8.11. The molecule has 24 heavy (non-hydrogen) atoms. The lowest BCUT2D eigenvalue weighted by Crippen LogP contribution is -2.14. The van der Waals surface area contributed by atoms with Crippen LogP contribution in [0.5, 0.6) is 0 Å². The van der Waals surface area contributed by atoms with Crippen LogP contribution in [0.2, 0.25) is 0 Å². The average Bonchev–Trinajstić information content (AvgIpc) is 3.27. The minimum atomic E-state index is -0.107. The fourth-order valence-corrected chi connectivity index (χ4v) is 4.95. The Balaban J connectivity index is 1.45. The SMILES string of the molecule is N#Cc1c(NC(=O)CSc2ncc3ccccn23)sc2c1CCC2. The van der Waals surface area contributed by atoms with Crippen molar-refractivity contribution in [1.82, 2.24) is 9.38 Å². The second-order valence-corrected chi connectivity index (χ2v) is 7.59. The summed E-state index contributed by atoms with van der Waals surface area (Å²) in [6.07, 6.45) is 6.78. The summed E-state index contributed by atoms with van der Waals surface area (Å²) >= 11 is 2.93. The number of carbonyl (C=O) groups excluding carboxylic acids is 1. The predicted octanol–water partition coefficient (Wildman–Crippen LogP) is 3.49. The molecule has 0 atom stereocenters. The molecule has 120 valence electrons. The number of pyridine rings is 1. The van der Waals surface area contributed by atoms with Gasteiger partial charge in [0.15, 0.2) is 5.16 Å². The molecule has 1 aliphatic carbocycles. The van der Waals surface area contributed by atoms with E-state index in [0.717, 1.165) is 35.5 Å². The maximum atomic E-state index is 12.3. The molecule has 0 aromatic carbocycles. The maximum absolute atomic E-state index is 12.3. The van der Waals surface area contributed by atoms with Gasteiger partial charge in [0.1, 0.15) is 11.1 Å². The predicted molar refractivity (Wildman–Crippen MR) is 95.6 cm³/mol. The van der Waals surface area contributed by atoms with Crippen molar-refractivity contribution in [3.8, 4) is 6.07 Å². The number of rotatable bonds is 4. The number of hydrogen-bond donors (Lipinski definition) is 1. The van der Waals surface area contributed by atoms with Gasteiger partial charge >= 0.3 is 0 Å². The monoisotopic (exact) mass is 354 g/mol. The first-order valence-corrected chi connectivity index (χ1v) is 9.46. The van der Waals surface area contributed by atoms with Crippen molar-refractivity contribution in [1.29, 1.82) is 5.26 Å². The maximum Gasteiger partial charge on any atom is 0.235 e. The number of nitriles is 1. The Labute approximate surface area is 147 Å². The average molecular weight is 354 g/mol. The number of thioether (sulfide) groups is 1. The first-order valence-electron chi connectivity index (χ1n) is 7.65. The lowest BCUT2D eigenvalue weighted by Gasteiger charge is -2.04. The zero-order chi connectivity index (χ0) is 16.5. The van der Waals surface area contributed by atoms with Gasteiger partial charge in [-0.3, -0.25) is 9.20 Å². The minimum Gasteiger partial charge on any atom is -0.316 e. The van der Waals surface area contributed by atoms with Gasteiger partial charge in [0.25, 0.3) is 0 Å². The number of hydrogen-bond acceptors (Lipinski definition) is 5. The van der Waals surface area contributed by atoms with Crippen LogP contribution in [0.1, 0.15) is 22.4 Å². The number of thiophene rings is 1. The highest BCUT2D eigenvalue weighted by molar-refractivity contribution is 7.99. The zero-order valence-electron chi connectivity index (χ0n) is 12.8. The summed E-state index contributed by atoms with van der Waals surface area (Å²) in [4.78, 5) is 17.9. The summed E-state index contributed by atoms with van der Waals surface area (Å²) in [7, 11) is 0. The molecule has 3 aromatic rings. The molecular weight excluding hydrogens is 340 g/mol. The highest BCUT2D eigenvalue weighted by Gasteiger charge is 2.23. The van der Waals surface area contributed by atoms with E-state index >= 15 is 0 Å². The molecule has 4 rings (SSSR count). The Morgan fingerprint density at radius 3 is 3.25 bits per heavy atom. The fourth-order valence-electron chi connectivity index (χ4n) is 2.93. The Bertz CT molecular complexity index is 967. The molecule has 5 nitrogen and oxygen atoms in total. The Morgan fingerprint density at radius 2 is 2.38 bits per heavy atom. The smallest absolute Gasteiger partial charge is 0.235 e. The van der Waals surface area contributed by atoms with Gasteiger partial charge in [-0.25, -0.2) is 4.98 Å². The molecule has 0 fully saturated rings. The molecule has 0 saturated carbocycles. The molecule has 3 aromatic heterocycles. The number of imidazole rings is 1. The van der Waals surface area contributed by atoms with Crippen LogP contribution in [0.25, 0.3) is 5.52 Å². The van der Waals surface area contributed by atoms with E-state index in [1.807, 2.05) is 28.8 Å². The summed E-state index contributed by atoms with van der Waals surface area (Å²) in [5.74, 6) is 0.158. The van der Waals surface area contributed by atoms with E-state index in [1.165, 1.54) is 16.6 Å².